The van der Waals surface area contributed by atoms with Crippen molar-refractivity contribution in [1.29, 1.82) is 0 Å². The molecule has 0 unspecified atom stereocenters. The van der Waals surface area contributed by atoms with Crippen molar-refractivity contribution in [2.24, 2.45) is 0 Å². The average molecular weight is 274 g/mol. The average Bonchev–Trinajstić information content (AvgIpc) is 3.17. The van der Waals surface area contributed by atoms with E-state index in [0.717, 1.165) is 23.7 Å². The van der Waals surface area contributed by atoms with E-state index in [1.165, 1.54) is 12.8 Å². The van der Waals surface area contributed by atoms with Crippen LogP contribution in [0.3, 0.4) is 0 Å². The zero-order valence-electron chi connectivity index (χ0n) is 11.7. The quantitative estimate of drug-likeness (QED) is 0.867. The van der Waals surface area contributed by atoms with Crippen molar-refractivity contribution in [1.82, 2.24) is 20.4 Å². The highest BCUT2D eigenvalue weighted by Gasteiger charge is 2.21. The summed E-state index contributed by atoms with van der Waals surface area (Å²) in [6.07, 6.45) is 2.51. The van der Waals surface area contributed by atoms with Gasteiger partial charge < -0.3 is 14.6 Å². The summed E-state index contributed by atoms with van der Waals surface area (Å²) in [5, 5.41) is 7.27. The van der Waals surface area contributed by atoms with Crippen LogP contribution in [0.1, 0.15) is 35.9 Å². The lowest BCUT2D eigenvalue weighted by molar-refractivity contribution is 0.280. The van der Waals surface area contributed by atoms with Gasteiger partial charge >= 0.3 is 0 Å². The number of nitrogens with zero attached hydrogens (tertiary/aromatic N) is 3. The van der Waals surface area contributed by atoms with E-state index in [9.17, 15) is 0 Å². The van der Waals surface area contributed by atoms with E-state index in [1.807, 2.05) is 19.1 Å². The Labute approximate surface area is 117 Å². The largest absolute Gasteiger partial charge is 0.484 e. The second-order valence-electron chi connectivity index (χ2n) is 5.07. The van der Waals surface area contributed by atoms with Crippen LogP contribution in [0.15, 0.2) is 16.7 Å². The van der Waals surface area contributed by atoms with Crippen LogP contribution >= 0.6 is 0 Å². The minimum absolute atomic E-state index is 0.290. The van der Waals surface area contributed by atoms with Gasteiger partial charge in [0.15, 0.2) is 6.61 Å². The molecule has 2 aromatic heterocycles. The number of hydrogen-bond donors (Lipinski definition) is 1. The molecule has 0 bridgehead atoms. The first-order chi connectivity index (χ1) is 9.70. The maximum atomic E-state index is 5.76. The third-order valence-electron chi connectivity index (χ3n) is 3.13. The lowest BCUT2D eigenvalue weighted by atomic mass is 10.3. The van der Waals surface area contributed by atoms with Gasteiger partial charge in [0.2, 0.25) is 11.7 Å². The van der Waals surface area contributed by atoms with E-state index in [2.05, 4.69) is 20.4 Å². The lowest BCUT2D eigenvalue weighted by Crippen LogP contribution is -2.17. The van der Waals surface area contributed by atoms with Gasteiger partial charge in [-0.3, -0.25) is 4.98 Å². The molecular formula is C14H18N4O2. The minimum Gasteiger partial charge on any atom is -0.484 e. The van der Waals surface area contributed by atoms with Gasteiger partial charge in [0.1, 0.15) is 5.75 Å². The van der Waals surface area contributed by atoms with Crippen LogP contribution in [0.5, 0.6) is 5.75 Å². The summed E-state index contributed by atoms with van der Waals surface area (Å²) in [6.45, 7) is 4.76. The Bertz CT molecular complexity index is 593. The molecule has 0 aliphatic heterocycles. The Morgan fingerprint density at radius 2 is 2.15 bits per heavy atom. The van der Waals surface area contributed by atoms with E-state index in [-0.39, 0.29) is 0 Å². The molecule has 6 heteroatoms. The van der Waals surface area contributed by atoms with Crippen LogP contribution < -0.4 is 10.1 Å². The summed E-state index contributed by atoms with van der Waals surface area (Å²) in [5.74, 6) is 1.86. The molecule has 0 amide bonds. The van der Waals surface area contributed by atoms with Crippen molar-refractivity contribution in [3.63, 3.8) is 0 Å². The van der Waals surface area contributed by atoms with E-state index < -0.39 is 0 Å². The molecule has 1 fully saturated rings. The molecule has 3 rings (SSSR count). The number of hydrogen-bond acceptors (Lipinski definition) is 6. The highest BCUT2D eigenvalue weighted by molar-refractivity contribution is 5.29. The molecule has 0 aromatic carbocycles. The van der Waals surface area contributed by atoms with Crippen LogP contribution in [0.25, 0.3) is 0 Å². The van der Waals surface area contributed by atoms with Gasteiger partial charge in [-0.15, -0.1) is 0 Å². The summed E-state index contributed by atoms with van der Waals surface area (Å²) in [5.41, 5.74) is 1.91. The second-order valence-corrected chi connectivity index (χ2v) is 5.07. The molecule has 20 heavy (non-hydrogen) atoms. The SMILES string of the molecule is Cc1ccc(OCc2noc(C)n2)c(CNC2CC2)n1. The van der Waals surface area contributed by atoms with E-state index in [1.54, 1.807) is 6.92 Å². The normalized spacial score (nSPS) is 14.5. The number of pyridine rings is 1. The third-order valence-corrected chi connectivity index (χ3v) is 3.13. The lowest BCUT2D eigenvalue weighted by Gasteiger charge is -2.10. The monoisotopic (exact) mass is 274 g/mol. The molecule has 106 valence electrons. The number of aryl methyl sites for hydroxylation is 2. The number of aromatic nitrogens is 3. The predicted octanol–water partition coefficient (Wildman–Crippen LogP) is 1.91. The summed E-state index contributed by atoms with van der Waals surface area (Å²) in [6, 6.07) is 4.53. The Balaban J connectivity index is 1.66. The Kier molecular flexibility index (Phi) is 3.64. The summed E-state index contributed by atoms with van der Waals surface area (Å²) >= 11 is 0. The highest BCUT2D eigenvalue weighted by Crippen LogP contribution is 2.22. The van der Waals surface area contributed by atoms with Gasteiger partial charge in [-0.1, -0.05) is 5.16 Å². The second kappa shape index (κ2) is 5.58. The fourth-order valence-electron chi connectivity index (χ4n) is 1.93. The number of ether oxygens (including phenoxy) is 1. The standard InChI is InChI=1S/C14H18N4O2/c1-9-3-6-13(12(16-9)7-15-11-4-5-11)19-8-14-17-10(2)20-18-14/h3,6,11,15H,4-5,7-8H2,1-2H3. The Morgan fingerprint density at radius 3 is 2.85 bits per heavy atom. The van der Waals surface area contributed by atoms with Gasteiger partial charge in [0.25, 0.3) is 0 Å². The van der Waals surface area contributed by atoms with Crippen molar-refractivity contribution in [3.05, 3.63) is 35.2 Å². The van der Waals surface area contributed by atoms with Crippen molar-refractivity contribution >= 4 is 0 Å². The molecular weight excluding hydrogens is 256 g/mol. The molecule has 1 aliphatic carbocycles. The molecule has 1 aliphatic rings. The fraction of sp³-hybridized carbons (Fsp3) is 0.500. The van der Waals surface area contributed by atoms with E-state index in [0.29, 0.717) is 24.4 Å². The van der Waals surface area contributed by atoms with Gasteiger partial charge in [-0.2, -0.15) is 4.98 Å². The summed E-state index contributed by atoms with van der Waals surface area (Å²) < 4.78 is 10.7. The predicted molar refractivity (Wildman–Crippen MR) is 72.2 cm³/mol. The van der Waals surface area contributed by atoms with Crippen molar-refractivity contribution in [2.75, 3.05) is 0 Å². The Morgan fingerprint density at radius 1 is 1.30 bits per heavy atom. The summed E-state index contributed by atoms with van der Waals surface area (Å²) in [7, 11) is 0. The van der Waals surface area contributed by atoms with Gasteiger partial charge in [-0.05, 0) is 31.9 Å². The molecule has 0 spiro atoms. The van der Waals surface area contributed by atoms with Crippen LogP contribution in [0, 0.1) is 13.8 Å². The van der Waals surface area contributed by atoms with Crippen LogP contribution in [0.4, 0.5) is 0 Å². The molecule has 6 nitrogen and oxygen atoms in total. The number of rotatable bonds is 6. The maximum absolute atomic E-state index is 5.76. The van der Waals surface area contributed by atoms with Crippen molar-refractivity contribution in [2.45, 2.75) is 45.9 Å². The molecule has 1 saturated carbocycles. The van der Waals surface area contributed by atoms with Crippen LogP contribution in [0.2, 0.25) is 0 Å². The van der Waals surface area contributed by atoms with E-state index in [4.69, 9.17) is 9.26 Å². The maximum Gasteiger partial charge on any atom is 0.223 e. The molecule has 0 atom stereocenters. The topological polar surface area (TPSA) is 73.1 Å². The molecule has 0 saturated heterocycles. The zero-order chi connectivity index (χ0) is 13.9. The van der Waals surface area contributed by atoms with Crippen LogP contribution in [-0.4, -0.2) is 21.2 Å². The zero-order valence-corrected chi connectivity index (χ0v) is 11.7. The first-order valence-corrected chi connectivity index (χ1v) is 6.82. The van der Waals surface area contributed by atoms with E-state index >= 15 is 0 Å². The smallest absolute Gasteiger partial charge is 0.223 e. The third kappa shape index (κ3) is 3.33. The molecule has 2 aromatic rings. The summed E-state index contributed by atoms with van der Waals surface area (Å²) in [4.78, 5) is 8.66. The molecule has 0 radical (unpaired) electrons. The van der Waals surface area contributed by atoms with Gasteiger partial charge in [0, 0.05) is 25.2 Å². The molecule has 2 heterocycles. The van der Waals surface area contributed by atoms with Gasteiger partial charge in [-0.25, -0.2) is 0 Å². The Hall–Kier alpha value is -1.95. The van der Waals surface area contributed by atoms with Gasteiger partial charge in [0.05, 0.1) is 5.69 Å². The van der Waals surface area contributed by atoms with Crippen molar-refractivity contribution < 1.29 is 9.26 Å². The van der Waals surface area contributed by atoms with Crippen molar-refractivity contribution in [3.8, 4) is 5.75 Å². The highest BCUT2D eigenvalue weighted by atomic mass is 16.5. The van der Waals surface area contributed by atoms with Crippen LogP contribution in [-0.2, 0) is 13.2 Å². The first kappa shape index (κ1) is 13.1. The molecule has 1 N–H and O–H groups in total. The fourth-order valence-corrected chi connectivity index (χ4v) is 1.93. The number of nitrogens with one attached hydrogen (secondary N) is 1. The minimum atomic E-state index is 0.290. The first-order valence-electron chi connectivity index (χ1n) is 6.82.